The van der Waals surface area contributed by atoms with E-state index in [0.29, 0.717) is 38.5 Å². The van der Waals surface area contributed by atoms with Gasteiger partial charge in [0.25, 0.3) is 0 Å². The SMILES string of the molecule is NC(=S)c1ncccc1Nc1c(Cl)cc(Cl)c2c1N=S=N2. The molecule has 0 saturated carbocycles. The minimum atomic E-state index is 0.191. The van der Waals surface area contributed by atoms with E-state index in [1.165, 1.54) is 0 Å². The summed E-state index contributed by atoms with van der Waals surface area (Å²) in [7, 11) is 0. The van der Waals surface area contributed by atoms with E-state index in [9.17, 15) is 0 Å². The molecule has 1 aromatic carbocycles. The number of fused-ring (bicyclic) bond motifs is 1. The Morgan fingerprint density at radius 3 is 2.76 bits per heavy atom. The number of pyridine rings is 1. The topological polar surface area (TPSA) is 75.7 Å². The Balaban J connectivity index is 2.11. The lowest BCUT2D eigenvalue weighted by molar-refractivity contribution is 1.28. The minimum Gasteiger partial charge on any atom is -0.388 e. The van der Waals surface area contributed by atoms with Gasteiger partial charge in [-0.3, -0.25) is 4.98 Å². The molecular formula is C12H7Cl2N5S2. The van der Waals surface area contributed by atoms with Gasteiger partial charge in [0, 0.05) is 6.20 Å². The summed E-state index contributed by atoms with van der Waals surface area (Å²) in [5, 5.41) is 4.04. The highest BCUT2D eigenvalue weighted by atomic mass is 35.5. The largest absolute Gasteiger partial charge is 0.388 e. The zero-order valence-electron chi connectivity index (χ0n) is 10.3. The van der Waals surface area contributed by atoms with Crippen molar-refractivity contribution < 1.29 is 0 Å². The molecule has 0 spiro atoms. The highest BCUT2D eigenvalue weighted by Gasteiger charge is 2.20. The molecule has 21 heavy (non-hydrogen) atoms. The lowest BCUT2D eigenvalue weighted by Gasteiger charge is -2.14. The standard InChI is InChI=1S/C12H7Cl2N5S2/c13-5-4-6(14)9-11(19-21-18-9)8(5)17-7-2-1-3-16-10(7)12(15)20/h1-4,17H,(H2,15,20). The van der Waals surface area contributed by atoms with Crippen LogP contribution in [-0.4, -0.2) is 9.97 Å². The van der Waals surface area contributed by atoms with Gasteiger partial charge in [0.15, 0.2) is 0 Å². The molecule has 3 rings (SSSR count). The van der Waals surface area contributed by atoms with Crippen LogP contribution in [0.1, 0.15) is 5.69 Å². The number of nitrogens with one attached hydrogen (secondary N) is 1. The summed E-state index contributed by atoms with van der Waals surface area (Å²) in [5.74, 6) is 0. The average molecular weight is 356 g/mol. The number of hydrogen-bond donors (Lipinski definition) is 2. The van der Waals surface area contributed by atoms with Crippen molar-refractivity contribution >= 4 is 74.5 Å². The molecule has 0 bridgehead atoms. The van der Waals surface area contributed by atoms with E-state index in [2.05, 4.69) is 19.0 Å². The van der Waals surface area contributed by atoms with Crippen LogP contribution in [0, 0.1) is 0 Å². The molecule has 2 heterocycles. The third-order valence-electron chi connectivity index (χ3n) is 2.74. The first kappa shape index (κ1) is 14.4. The van der Waals surface area contributed by atoms with Crippen molar-refractivity contribution in [2.24, 2.45) is 14.5 Å². The van der Waals surface area contributed by atoms with Gasteiger partial charge in [-0.1, -0.05) is 35.4 Å². The van der Waals surface area contributed by atoms with Crippen molar-refractivity contribution in [1.82, 2.24) is 4.98 Å². The van der Waals surface area contributed by atoms with Gasteiger partial charge in [-0.2, -0.15) is 8.73 Å². The predicted octanol–water partition coefficient (Wildman–Crippen LogP) is 4.49. The number of nitrogens with two attached hydrogens (primary N) is 1. The Kier molecular flexibility index (Phi) is 3.90. The number of hydrogen-bond acceptors (Lipinski definition) is 5. The molecule has 1 aromatic heterocycles. The van der Waals surface area contributed by atoms with Crippen molar-refractivity contribution in [2.75, 3.05) is 5.32 Å². The molecule has 9 heteroatoms. The zero-order valence-corrected chi connectivity index (χ0v) is 13.4. The molecule has 0 amide bonds. The van der Waals surface area contributed by atoms with Crippen molar-refractivity contribution in [3.05, 3.63) is 40.1 Å². The molecule has 1 aliphatic heterocycles. The van der Waals surface area contributed by atoms with Crippen LogP contribution < -0.4 is 11.1 Å². The summed E-state index contributed by atoms with van der Waals surface area (Å²) in [4.78, 5) is 4.35. The summed E-state index contributed by atoms with van der Waals surface area (Å²) < 4.78 is 8.38. The van der Waals surface area contributed by atoms with E-state index in [4.69, 9.17) is 41.2 Å². The number of thiocarbonyl (C=S) groups is 1. The van der Waals surface area contributed by atoms with Gasteiger partial charge < -0.3 is 11.1 Å². The Morgan fingerprint density at radius 2 is 2.00 bits per heavy atom. The summed E-state index contributed by atoms with van der Waals surface area (Å²) in [6, 6.07) is 5.19. The molecule has 2 aromatic rings. The molecule has 0 aliphatic carbocycles. The quantitative estimate of drug-likeness (QED) is 0.678. The van der Waals surface area contributed by atoms with Crippen molar-refractivity contribution in [1.29, 1.82) is 0 Å². The number of benzene rings is 1. The minimum absolute atomic E-state index is 0.191. The van der Waals surface area contributed by atoms with Crippen LogP contribution in [0.2, 0.25) is 10.0 Å². The molecule has 0 fully saturated rings. The van der Waals surface area contributed by atoms with Gasteiger partial charge in [0.05, 0.1) is 32.8 Å². The fourth-order valence-corrected chi connectivity index (χ4v) is 3.15. The van der Waals surface area contributed by atoms with E-state index < -0.39 is 0 Å². The van der Waals surface area contributed by atoms with Crippen LogP contribution >= 0.6 is 35.4 Å². The summed E-state index contributed by atoms with van der Waals surface area (Å²) in [6.07, 6.45) is 1.61. The normalized spacial score (nSPS) is 11.9. The first-order valence-corrected chi connectivity index (χ1v) is 7.59. The lowest BCUT2D eigenvalue weighted by atomic mass is 10.2. The van der Waals surface area contributed by atoms with Gasteiger partial charge in [0.1, 0.15) is 22.1 Å². The van der Waals surface area contributed by atoms with Gasteiger partial charge in [0.2, 0.25) is 0 Å². The monoisotopic (exact) mass is 355 g/mol. The highest BCUT2D eigenvalue weighted by Crippen LogP contribution is 2.48. The summed E-state index contributed by atoms with van der Waals surface area (Å²) in [5.41, 5.74) is 8.57. The Bertz CT molecular complexity index is 831. The van der Waals surface area contributed by atoms with Crippen molar-refractivity contribution in [3.63, 3.8) is 0 Å². The Morgan fingerprint density at radius 1 is 1.24 bits per heavy atom. The third kappa shape index (κ3) is 2.65. The third-order valence-corrected chi connectivity index (χ3v) is 4.05. The van der Waals surface area contributed by atoms with E-state index in [1.54, 1.807) is 24.4 Å². The second kappa shape index (κ2) is 5.69. The van der Waals surface area contributed by atoms with E-state index in [1.807, 2.05) is 0 Å². The molecule has 1 aliphatic rings. The number of anilines is 2. The number of nitrogens with zero attached hydrogens (tertiary/aromatic N) is 3. The lowest BCUT2D eigenvalue weighted by Crippen LogP contribution is -2.13. The predicted molar refractivity (Wildman–Crippen MR) is 91.4 cm³/mol. The smallest absolute Gasteiger partial charge is 0.131 e. The highest BCUT2D eigenvalue weighted by molar-refractivity contribution is 7.80. The summed E-state index contributed by atoms with van der Waals surface area (Å²) >= 11 is 18.4. The second-order valence-corrected chi connectivity index (χ2v) is 5.85. The van der Waals surface area contributed by atoms with Crippen molar-refractivity contribution in [2.45, 2.75) is 0 Å². The first-order valence-electron chi connectivity index (χ1n) is 5.70. The summed E-state index contributed by atoms with van der Waals surface area (Å²) in [6.45, 7) is 0. The van der Waals surface area contributed by atoms with Crippen molar-refractivity contribution in [3.8, 4) is 0 Å². The first-order chi connectivity index (χ1) is 10.1. The average Bonchev–Trinajstić information content (AvgIpc) is 2.93. The zero-order chi connectivity index (χ0) is 15.0. The van der Waals surface area contributed by atoms with Crippen LogP contribution in [0.25, 0.3) is 0 Å². The molecule has 5 nitrogen and oxygen atoms in total. The van der Waals surface area contributed by atoms with Crippen LogP contribution in [0.15, 0.2) is 33.1 Å². The second-order valence-electron chi connectivity index (χ2n) is 4.07. The van der Waals surface area contributed by atoms with Gasteiger partial charge >= 0.3 is 0 Å². The van der Waals surface area contributed by atoms with Crippen LogP contribution in [0.5, 0.6) is 0 Å². The van der Waals surface area contributed by atoms with Crippen LogP contribution in [0.3, 0.4) is 0 Å². The fourth-order valence-electron chi connectivity index (χ4n) is 1.83. The molecule has 0 saturated heterocycles. The molecular weight excluding hydrogens is 349 g/mol. The number of halogens is 2. The fraction of sp³-hybridized carbons (Fsp3) is 0. The molecule has 0 unspecified atom stereocenters. The maximum absolute atomic E-state index is 6.25. The maximum Gasteiger partial charge on any atom is 0.131 e. The van der Waals surface area contributed by atoms with Gasteiger partial charge in [-0.15, -0.1) is 0 Å². The van der Waals surface area contributed by atoms with Gasteiger partial charge in [-0.25, -0.2) is 0 Å². The van der Waals surface area contributed by atoms with E-state index in [-0.39, 0.29) is 4.99 Å². The number of aromatic nitrogens is 1. The van der Waals surface area contributed by atoms with Crippen LogP contribution in [-0.2, 0) is 11.4 Å². The van der Waals surface area contributed by atoms with Crippen LogP contribution in [0.4, 0.5) is 22.7 Å². The molecule has 106 valence electrons. The number of rotatable bonds is 3. The van der Waals surface area contributed by atoms with E-state index in [0.717, 1.165) is 11.4 Å². The Hall–Kier alpha value is -1.54. The molecule has 0 radical (unpaired) electrons. The maximum atomic E-state index is 6.25. The van der Waals surface area contributed by atoms with Gasteiger partial charge in [-0.05, 0) is 18.2 Å². The molecule has 0 atom stereocenters. The molecule has 3 N–H and O–H groups in total. The van der Waals surface area contributed by atoms with E-state index >= 15 is 0 Å². The Labute approximate surface area is 139 Å².